The zero-order valence-electron chi connectivity index (χ0n) is 9.34. The maximum atomic E-state index is 13.8. The van der Waals surface area contributed by atoms with Crippen molar-refractivity contribution in [1.82, 2.24) is 0 Å². The third kappa shape index (κ3) is 1.64. The molecule has 0 atom stereocenters. The third-order valence-corrected chi connectivity index (χ3v) is 6.12. The predicted molar refractivity (Wildman–Crippen MR) is 69.0 cm³/mol. The van der Waals surface area contributed by atoms with E-state index < -0.39 is 15.8 Å². The van der Waals surface area contributed by atoms with Gasteiger partial charge in [-0.3, -0.25) is 4.31 Å². The lowest BCUT2D eigenvalue weighted by Crippen LogP contribution is -2.29. The maximum absolute atomic E-state index is 13.8. The average Bonchev–Trinajstić information content (AvgIpc) is 2.99. The van der Waals surface area contributed by atoms with Crippen LogP contribution < -0.4 is 4.31 Å². The molecule has 1 aromatic heterocycles. The van der Waals surface area contributed by atoms with E-state index in [2.05, 4.69) is 0 Å². The van der Waals surface area contributed by atoms with Crippen molar-refractivity contribution in [3.8, 4) is 0 Å². The number of hydrogen-bond acceptors (Lipinski definition) is 3. The van der Waals surface area contributed by atoms with Crippen LogP contribution in [0.1, 0.15) is 5.56 Å². The Hall–Kier alpha value is -1.40. The molecule has 3 nitrogen and oxygen atoms in total. The highest BCUT2D eigenvalue weighted by Gasteiger charge is 2.33. The normalized spacial score (nSPS) is 14.8. The van der Waals surface area contributed by atoms with Gasteiger partial charge in [0.25, 0.3) is 10.0 Å². The van der Waals surface area contributed by atoms with Crippen LogP contribution in [0.2, 0.25) is 0 Å². The quantitative estimate of drug-likeness (QED) is 0.849. The molecule has 94 valence electrons. The van der Waals surface area contributed by atoms with E-state index in [4.69, 9.17) is 0 Å². The Kier molecular flexibility index (Phi) is 2.64. The van der Waals surface area contributed by atoms with Crippen molar-refractivity contribution in [1.29, 1.82) is 0 Å². The van der Waals surface area contributed by atoms with Crippen LogP contribution >= 0.6 is 11.3 Å². The zero-order valence-corrected chi connectivity index (χ0v) is 11.0. The van der Waals surface area contributed by atoms with Crippen molar-refractivity contribution in [2.75, 3.05) is 10.8 Å². The molecule has 1 aliphatic rings. The number of rotatable bonds is 2. The summed E-state index contributed by atoms with van der Waals surface area (Å²) >= 11 is 1.15. The fourth-order valence-corrected chi connectivity index (χ4v) is 4.75. The topological polar surface area (TPSA) is 37.4 Å². The van der Waals surface area contributed by atoms with Crippen LogP contribution in [0.25, 0.3) is 0 Å². The molecule has 0 spiro atoms. The molecule has 18 heavy (non-hydrogen) atoms. The average molecular weight is 283 g/mol. The second kappa shape index (κ2) is 4.07. The standard InChI is InChI=1S/C12H10FNO2S2/c13-10-4-1-3-9-6-7-14(12(9)10)18(15,16)11-5-2-8-17-11/h1-5,8H,6-7H2. The molecule has 0 saturated carbocycles. The number of anilines is 1. The molecule has 3 rings (SSSR count). The van der Waals surface area contributed by atoms with E-state index in [0.717, 1.165) is 16.9 Å². The summed E-state index contributed by atoms with van der Waals surface area (Å²) in [6.07, 6.45) is 0.553. The molecule has 0 fully saturated rings. The summed E-state index contributed by atoms with van der Waals surface area (Å²) in [5, 5.41) is 1.70. The molecule has 2 heterocycles. The van der Waals surface area contributed by atoms with Gasteiger partial charge in [-0.1, -0.05) is 18.2 Å². The highest BCUT2D eigenvalue weighted by atomic mass is 32.2. The van der Waals surface area contributed by atoms with Gasteiger partial charge in [0.15, 0.2) is 0 Å². The first-order valence-corrected chi connectivity index (χ1v) is 7.76. The van der Waals surface area contributed by atoms with Gasteiger partial charge in [0.1, 0.15) is 10.0 Å². The van der Waals surface area contributed by atoms with Gasteiger partial charge < -0.3 is 0 Å². The lowest BCUT2D eigenvalue weighted by molar-refractivity contribution is 0.590. The van der Waals surface area contributed by atoms with Gasteiger partial charge in [0.05, 0.1) is 5.69 Å². The summed E-state index contributed by atoms with van der Waals surface area (Å²) in [6, 6.07) is 7.88. The summed E-state index contributed by atoms with van der Waals surface area (Å²) in [5.41, 5.74) is 0.945. The third-order valence-electron chi connectivity index (χ3n) is 2.94. The number of halogens is 1. The summed E-state index contributed by atoms with van der Waals surface area (Å²) in [4.78, 5) is 0. The van der Waals surface area contributed by atoms with E-state index >= 15 is 0 Å². The molecule has 1 aliphatic heterocycles. The highest BCUT2D eigenvalue weighted by molar-refractivity contribution is 7.94. The van der Waals surface area contributed by atoms with Gasteiger partial charge in [-0.2, -0.15) is 0 Å². The smallest absolute Gasteiger partial charge is 0.262 e. The van der Waals surface area contributed by atoms with Crippen LogP contribution in [0.5, 0.6) is 0 Å². The van der Waals surface area contributed by atoms with E-state index in [-0.39, 0.29) is 9.90 Å². The maximum Gasteiger partial charge on any atom is 0.273 e. The van der Waals surface area contributed by atoms with Crippen molar-refractivity contribution < 1.29 is 12.8 Å². The first kappa shape index (κ1) is 11.7. The van der Waals surface area contributed by atoms with Crippen molar-refractivity contribution in [2.45, 2.75) is 10.6 Å². The van der Waals surface area contributed by atoms with E-state index in [1.54, 1.807) is 29.6 Å². The van der Waals surface area contributed by atoms with Crippen LogP contribution in [0, 0.1) is 5.82 Å². The van der Waals surface area contributed by atoms with Gasteiger partial charge in [0.2, 0.25) is 0 Å². The molecular formula is C12H10FNO2S2. The Morgan fingerprint density at radius 3 is 2.78 bits per heavy atom. The number of sulfonamides is 1. The summed E-state index contributed by atoms with van der Waals surface area (Å²) < 4.78 is 40.0. The van der Waals surface area contributed by atoms with Crippen molar-refractivity contribution >= 4 is 27.0 Å². The van der Waals surface area contributed by atoms with Crippen molar-refractivity contribution in [3.63, 3.8) is 0 Å². The van der Waals surface area contributed by atoms with Crippen molar-refractivity contribution in [2.24, 2.45) is 0 Å². The second-order valence-electron chi connectivity index (χ2n) is 4.01. The number of thiophene rings is 1. The largest absolute Gasteiger partial charge is 0.273 e. The number of fused-ring (bicyclic) bond motifs is 1. The minimum Gasteiger partial charge on any atom is -0.262 e. The van der Waals surface area contributed by atoms with E-state index in [0.29, 0.717) is 13.0 Å². The van der Waals surface area contributed by atoms with Crippen LogP contribution in [0.15, 0.2) is 39.9 Å². The molecule has 0 saturated heterocycles. The van der Waals surface area contributed by atoms with Gasteiger partial charge in [-0.25, -0.2) is 12.8 Å². The molecule has 0 aliphatic carbocycles. The summed E-state index contributed by atoms with van der Waals surface area (Å²) in [7, 11) is -3.62. The molecule has 0 radical (unpaired) electrons. The summed E-state index contributed by atoms with van der Waals surface area (Å²) in [6.45, 7) is 0.302. The number of nitrogens with zero attached hydrogens (tertiary/aromatic N) is 1. The lowest BCUT2D eigenvalue weighted by Gasteiger charge is -2.18. The minimum absolute atomic E-state index is 0.200. The zero-order chi connectivity index (χ0) is 12.8. The van der Waals surface area contributed by atoms with Crippen LogP contribution in [-0.4, -0.2) is 15.0 Å². The first-order valence-electron chi connectivity index (χ1n) is 5.44. The van der Waals surface area contributed by atoms with Crippen LogP contribution in [-0.2, 0) is 16.4 Å². The molecule has 1 aromatic carbocycles. The second-order valence-corrected chi connectivity index (χ2v) is 7.04. The van der Waals surface area contributed by atoms with E-state index in [9.17, 15) is 12.8 Å². The fourth-order valence-electron chi connectivity index (χ4n) is 2.13. The number of hydrogen-bond donors (Lipinski definition) is 0. The molecule has 0 amide bonds. The van der Waals surface area contributed by atoms with Gasteiger partial charge in [-0.15, -0.1) is 11.3 Å². The van der Waals surface area contributed by atoms with E-state index in [1.165, 1.54) is 10.4 Å². The molecule has 0 unspecified atom stereocenters. The molecule has 6 heteroatoms. The SMILES string of the molecule is O=S(=O)(c1cccs1)N1CCc2cccc(F)c21. The highest BCUT2D eigenvalue weighted by Crippen LogP contribution is 2.35. The summed E-state index contributed by atoms with van der Waals surface area (Å²) in [5.74, 6) is -0.481. The molecular weight excluding hydrogens is 273 g/mol. The molecule has 0 bridgehead atoms. The van der Waals surface area contributed by atoms with Gasteiger partial charge >= 0.3 is 0 Å². The van der Waals surface area contributed by atoms with E-state index in [1.807, 2.05) is 0 Å². The number of para-hydroxylation sites is 1. The van der Waals surface area contributed by atoms with Gasteiger partial charge in [0, 0.05) is 6.54 Å². The Balaban J connectivity index is 2.13. The Bertz CT molecular complexity index is 680. The Morgan fingerprint density at radius 2 is 2.06 bits per heavy atom. The fraction of sp³-hybridized carbons (Fsp3) is 0.167. The van der Waals surface area contributed by atoms with Crippen LogP contribution in [0.4, 0.5) is 10.1 Å². The molecule has 0 N–H and O–H groups in total. The van der Waals surface area contributed by atoms with Crippen molar-refractivity contribution in [3.05, 3.63) is 47.1 Å². The monoisotopic (exact) mass is 283 g/mol. The Labute approximate surface area is 109 Å². The first-order chi connectivity index (χ1) is 8.60. The Morgan fingerprint density at radius 1 is 1.22 bits per heavy atom. The van der Waals surface area contributed by atoms with Crippen LogP contribution in [0.3, 0.4) is 0 Å². The number of benzene rings is 1. The lowest BCUT2D eigenvalue weighted by atomic mass is 10.2. The molecule has 2 aromatic rings. The predicted octanol–water partition coefficient (Wildman–Crippen LogP) is 2.64. The van der Waals surface area contributed by atoms with Gasteiger partial charge in [-0.05, 0) is 29.5 Å². The minimum atomic E-state index is -3.62.